The molecule has 0 aliphatic carbocycles. The quantitative estimate of drug-likeness (QED) is 0.217. The van der Waals surface area contributed by atoms with Gasteiger partial charge in [-0.25, -0.2) is 0 Å². The number of benzene rings is 1. The molecule has 2 N–H and O–H groups in total. The molecule has 0 saturated carbocycles. The molecule has 6 nitrogen and oxygen atoms in total. The van der Waals surface area contributed by atoms with E-state index >= 15 is 0 Å². The Balaban J connectivity index is 0.00000300. The highest BCUT2D eigenvalue weighted by Gasteiger charge is 2.15. The summed E-state index contributed by atoms with van der Waals surface area (Å²) in [6.07, 6.45) is 6.25. The molecule has 7 heteroatoms. The molecule has 1 aromatic rings. The summed E-state index contributed by atoms with van der Waals surface area (Å²) < 4.78 is 11.2. The number of aliphatic imine (C=N–C) groups is 1. The van der Waals surface area contributed by atoms with Gasteiger partial charge in [-0.3, -0.25) is 9.89 Å². The molecule has 2 saturated heterocycles. The maximum Gasteiger partial charge on any atom is 0.191 e. The van der Waals surface area contributed by atoms with Gasteiger partial charge >= 0.3 is 0 Å². The molecular weight excluding hydrogens is 479 g/mol. The van der Waals surface area contributed by atoms with Crippen molar-refractivity contribution in [2.75, 3.05) is 46.5 Å². The summed E-state index contributed by atoms with van der Waals surface area (Å²) in [5.41, 5.74) is 2.67. The summed E-state index contributed by atoms with van der Waals surface area (Å²) in [6, 6.07) is 8.92. The van der Waals surface area contributed by atoms with Crippen molar-refractivity contribution in [3.63, 3.8) is 0 Å². The van der Waals surface area contributed by atoms with Gasteiger partial charge in [0.2, 0.25) is 0 Å². The summed E-state index contributed by atoms with van der Waals surface area (Å²) in [6.45, 7) is 7.54. The monoisotopic (exact) mass is 516 g/mol. The number of hydrogen-bond acceptors (Lipinski definition) is 4. The largest absolute Gasteiger partial charge is 0.379 e. The van der Waals surface area contributed by atoms with E-state index in [9.17, 15) is 0 Å². The van der Waals surface area contributed by atoms with Crippen molar-refractivity contribution < 1.29 is 9.47 Å². The Morgan fingerprint density at radius 3 is 2.59 bits per heavy atom. The van der Waals surface area contributed by atoms with Crippen molar-refractivity contribution >= 4 is 29.9 Å². The van der Waals surface area contributed by atoms with Gasteiger partial charge in [0.25, 0.3) is 0 Å². The zero-order valence-corrected chi connectivity index (χ0v) is 20.0. The van der Waals surface area contributed by atoms with Gasteiger partial charge in [-0.15, -0.1) is 24.0 Å². The van der Waals surface area contributed by atoms with Crippen LogP contribution in [-0.2, 0) is 22.6 Å². The van der Waals surface area contributed by atoms with Crippen LogP contribution in [0, 0.1) is 0 Å². The van der Waals surface area contributed by atoms with Crippen LogP contribution >= 0.6 is 24.0 Å². The van der Waals surface area contributed by atoms with E-state index in [0.717, 1.165) is 58.3 Å². The van der Waals surface area contributed by atoms with Crippen molar-refractivity contribution in [2.24, 2.45) is 4.99 Å². The molecule has 2 aliphatic heterocycles. The number of guanidine groups is 1. The number of halogens is 1. The lowest BCUT2D eigenvalue weighted by Gasteiger charge is -2.15. The number of hydrogen-bond donors (Lipinski definition) is 2. The fraction of sp³-hybridized carbons (Fsp3) is 0.682. The number of nitrogens with zero attached hydrogens (tertiary/aromatic N) is 2. The number of ether oxygens (including phenoxy) is 2. The van der Waals surface area contributed by atoms with Crippen molar-refractivity contribution in [3.05, 3.63) is 35.4 Å². The molecule has 2 heterocycles. The maximum absolute atomic E-state index is 5.69. The molecule has 1 aromatic carbocycles. The summed E-state index contributed by atoms with van der Waals surface area (Å²) in [5.74, 6) is 0.834. The molecule has 29 heavy (non-hydrogen) atoms. The molecule has 0 spiro atoms. The molecule has 0 amide bonds. The second-order valence-corrected chi connectivity index (χ2v) is 7.72. The van der Waals surface area contributed by atoms with Crippen molar-refractivity contribution in [1.82, 2.24) is 15.5 Å². The summed E-state index contributed by atoms with van der Waals surface area (Å²) in [7, 11) is 1.81. The lowest BCUT2D eigenvalue weighted by Crippen LogP contribution is -2.37. The van der Waals surface area contributed by atoms with Gasteiger partial charge in [0.15, 0.2) is 5.96 Å². The normalized spacial score (nSPS) is 19.9. The first kappa shape index (κ1) is 24.4. The molecule has 164 valence electrons. The highest BCUT2D eigenvalue weighted by Crippen LogP contribution is 2.13. The van der Waals surface area contributed by atoms with Crippen molar-refractivity contribution in [2.45, 2.75) is 51.3 Å². The molecule has 1 unspecified atom stereocenters. The molecule has 0 radical (unpaired) electrons. The van der Waals surface area contributed by atoms with E-state index in [2.05, 4.69) is 44.8 Å². The highest BCUT2D eigenvalue weighted by molar-refractivity contribution is 14.0. The lowest BCUT2D eigenvalue weighted by atomic mass is 10.1. The van der Waals surface area contributed by atoms with Crippen LogP contribution in [0.25, 0.3) is 0 Å². The van der Waals surface area contributed by atoms with E-state index in [1.54, 1.807) is 0 Å². The summed E-state index contributed by atoms with van der Waals surface area (Å²) in [4.78, 5) is 6.83. The third-order valence-corrected chi connectivity index (χ3v) is 5.40. The second kappa shape index (κ2) is 14.2. The molecule has 1 atom stereocenters. The Bertz CT molecular complexity index is 585. The van der Waals surface area contributed by atoms with Crippen LogP contribution in [0.4, 0.5) is 0 Å². The molecule has 2 aliphatic rings. The van der Waals surface area contributed by atoms with Crippen LogP contribution in [0.2, 0.25) is 0 Å². The first-order chi connectivity index (χ1) is 13.8. The molecule has 0 aromatic heterocycles. The second-order valence-electron chi connectivity index (χ2n) is 7.72. The minimum absolute atomic E-state index is 0. The van der Waals surface area contributed by atoms with Crippen LogP contribution in [0.3, 0.4) is 0 Å². The Labute approximate surface area is 192 Å². The average molecular weight is 516 g/mol. The minimum Gasteiger partial charge on any atom is -0.379 e. The Kier molecular flexibility index (Phi) is 11.9. The smallest absolute Gasteiger partial charge is 0.191 e. The first-order valence-corrected chi connectivity index (χ1v) is 10.8. The fourth-order valence-electron chi connectivity index (χ4n) is 3.74. The van der Waals surface area contributed by atoms with Crippen LogP contribution < -0.4 is 10.6 Å². The number of nitrogens with one attached hydrogen (secondary N) is 2. The van der Waals surface area contributed by atoms with E-state index in [-0.39, 0.29) is 24.0 Å². The van der Waals surface area contributed by atoms with E-state index < -0.39 is 0 Å². The van der Waals surface area contributed by atoms with Crippen LogP contribution in [-0.4, -0.2) is 63.5 Å². The Hall–Kier alpha value is -0.900. The average Bonchev–Trinajstić information content (AvgIpc) is 3.42. The van der Waals surface area contributed by atoms with Gasteiger partial charge in [-0.1, -0.05) is 24.3 Å². The van der Waals surface area contributed by atoms with Gasteiger partial charge in [0.05, 0.1) is 12.7 Å². The van der Waals surface area contributed by atoms with Crippen LogP contribution in [0.15, 0.2) is 29.3 Å². The van der Waals surface area contributed by atoms with Gasteiger partial charge in [0, 0.05) is 39.9 Å². The minimum atomic E-state index is 0. The zero-order chi connectivity index (χ0) is 19.4. The standard InChI is InChI=1S/C22H36N4O2.HI/c1-23-22(24-11-5-14-27-18-21-6-4-15-28-21)25-16-19-7-9-20(10-8-19)17-26-12-2-3-13-26;/h7-10,21H,2-6,11-18H2,1H3,(H2,23,24,25);1H. The van der Waals surface area contributed by atoms with E-state index in [0.29, 0.717) is 6.10 Å². The van der Waals surface area contributed by atoms with Crippen molar-refractivity contribution in [1.29, 1.82) is 0 Å². The lowest BCUT2D eigenvalue weighted by molar-refractivity contribution is 0.0168. The summed E-state index contributed by atoms with van der Waals surface area (Å²) in [5, 5.41) is 6.73. The first-order valence-electron chi connectivity index (χ1n) is 10.8. The third-order valence-electron chi connectivity index (χ3n) is 5.40. The molecule has 0 bridgehead atoms. The predicted molar refractivity (Wildman–Crippen MR) is 129 cm³/mol. The van der Waals surface area contributed by atoms with Crippen LogP contribution in [0.5, 0.6) is 0 Å². The van der Waals surface area contributed by atoms with E-state index in [4.69, 9.17) is 9.47 Å². The van der Waals surface area contributed by atoms with Gasteiger partial charge < -0.3 is 20.1 Å². The predicted octanol–water partition coefficient (Wildman–Crippen LogP) is 3.15. The van der Waals surface area contributed by atoms with Gasteiger partial charge in [-0.2, -0.15) is 0 Å². The maximum atomic E-state index is 5.69. The SMILES string of the molecule is CN=C(NCCCOCC1CCCO1)NCc1ccc(CN2CCCC2)cc1.I. The topological polar surface area (TPSA) is 58.1 Å². The Morgan fingerprint density at radius 1 is 1.14 bits per heavy atom. The van der Waals surface area contributed by atoms with E-state index in [1.165, 1.54) is 43.5 Å². The van der Waals surface area contributed by atoms with Crippen molar-refractivity contribution in [3.8, 4) is 0 Å². The van der Waals surface area contributed by atoms with Gasteiger partial charge in [-0.05, 0) is 56.3 Å². The number of rotatable bonds is 10. The van der Waals surface area contributed by atoms with E-state index in [1.807, 2.05) is 7.05 Å². The third kappa shape index (κ3) is 9.19. The van der Waals surface area contributed by atoms with Crippen LogP contribution in [0.1, 0.15) is 43.2 Å². The summed E-state index contributed by atoms with van der Waals surface area (Å²) >= 11 is 0. The fourth-order valence-corrected chi connectivity index (χ4v) is 3.74. The molecule has 2 fully saturated rings. The Morgan fingerprint density at radius 2 is 1.90 bits per heavy atom. The molecule has 3 rings (SSSR count). The molecular formula is C22H37IN4O2. The zero-order valence-electron chi connectivity index (χ0n) is 17.7. The number of likely N-dealkylation sites (tertiary alicyclic amines) is 1. The van der Waals surface area contributed by atoms with Gasteiger partial charge in [0.1, 0.15) is 0 Å². The highest BCUT2D eigenvalue weighted by atomic mass is 127.